The van der Waals surface area contributed by atoms with Gasteiger partial charge < -0.3 is 15.0 Å². The second-order valence-corrected chi connectivity index (χ2v) is 4.27. The summed E-state index contributed by atoms with van der Waals surface area (Å²) in [4.78, 5) is 21.7. The van der Waals surface area contributed by atoms with Crippen molar-refractivity contribution in [3.63, 3.8) is 0 Å². The molecule has 2 amide bonds. The number of ether oxygens (including phenoxy) is 1. The van der Waals surface area contributed by atoms with Crippen molar-refractivity contribution in [3.8, 4) is 0 Å². The van der Waals surface area contributed by atoms with Crippen molar-refractivity contribution < 1.29 is 14.3 Å². The number of unbranched alkanes of at least 4 members (excludes halogenated alkanes) is 1. The van der Waals surface area contributed by atoms with Crippen LogP contribution in [0.15, 0.2) is 0 Å². The van der Waals surface area contributed by atoms with E-state index in [1.165, 1.54) is 30.6 Å². The highest BCUT2D eigenvalue weighted by Gasteiger charge is 2.18. The van der Waals surface area contributed by atoms with Crippen LogP contribution in [0.1, 0.15) is 81.1 Å². The van der Waals surface area contributed by atoms with Crippen LogP contribution in [0.25, 0.3) is 0 Å². The van der Waals surface area contributed by atoms with E-state index in [2.05, 4.69) is 23.9 Å². The molecule has 1 rings (SSSR count). The second-order valence-electron chi connectivity index (χ2n) is 4.27. The topological polar surface area (TPSA) is 58.6 Å². The fourth-order valence-corrected chi connectivity index (χ4v) is 0.709. The van der Waals surface area contributed by atoms with Crippen LogP contribution in [-0.2, 0) is 9.53 Å². The van der Waals surface area contributed by atoms with E-state index in [4.69, 9.17) is 0 Å². The summed E-state index contributed by atoms with van der Waals surface area (Å²) in [5.74, 6) is 0. The molecule has 0 radical (unpaired) electrons. The van der Waals surface area contributed by atoms with Crippen molar-refractivity contribution in [2.75, 3.05) is 20.2 Å². The molecule has 5 nitrogen and oxygen atoms in total. The van der Waals surface area contributed by atoms with Gasteiger partial charge in [-0.05, 0) is 26.7 Å². The van der Waals surface area contributed by atoms with E-state index in [-0.39, 0.29) is 6.09 Å². The van der Waals surface area contributed by atoms with E-state index in [0.717, 1.165) is 6.41 Å². The molecule has 0 aromatic rings. The predicted molar refractivity (Wildman–Crippen MR) is 101 cm³/mol. The predicted octanol–water partition coefficient (Wildman–Crippen LogP) is 4.85. The molecule has 0 atom stereocenters. The van der Waals surface area contributed by atoms with Crippen molar-refractivity contribution in [2.24, 2.45) is 0 Å². The van der Waals surface area contributed by atoms with Gasteiger partial charge in [-0.3, -0.25) is 4.79 Å². The zero-order valence-corrected chi connectivity index (χ0v) is 17.1. The average molecular weight is 335 g/mol. The van der Waals surface area contributed by atoms with Gasteiger partial charge >= 0.3 is 6.09 Å². The Morgan fingerprint density at radius 3 is 1.70 bits per heavy atom. The molecule has 1 aliphatic carbocycles. The van der Waals surface area contributed by atoms with E-state index in [0.29, 0.717) is 19.2 Å². The van der Waals surface area contributed by atoms with Crippen LogP contribution in [0.3, 0.4) is 0 Å². The van der Waals surface area contributed by atoms with Gasteiger partial charge in [0.1, 0.15) is 0 Å². The molecule has 1 aliphatic rings. The van der Waals surface area contributed by atoms with Crippen LogP contribution in [0, 0.1) is 0 Å². The molecule has 23 heavy (non-hydrogen) atoms. The third-order valence-corrected chi connectivity index (χ3v) is 2.43. The molecule has 0 aromatic heterocycles. The van der Waals surface area contributed by atoms with Crippen molar-refractivity contribution in [2.45, 2.75) is 87.1 Å². The van der Waals surface area contributed by atoms with Crippen LogP contribution in [0.5, 0.6) is 0 Å². The molecule has 1 fully saturated rings. The number of hydrogen-bond donors (Lipinski definition) is 1. The molecule has 142 valence electrons. The van der Waals surface area contributed by atoms with Gasteiger partial charge in [-0.1, -0.05) is 54.4 Å². The third kappa shape index (κ3) is 33.5. The number of nitrogens with one attached hydrogen (secondary N) is 1. The summed E-state index contributed by atoms with van der Waals surface area (Å²) in [7, 11) is 1.71. The second kappa shape index (κ2) is 28.8. The Hall–Kier alpha value is -1.26. The quantitative estimate of drug-likeness (QED) is 0.731. The van der Waals surface area contributed by atoms with Gasteiger partial charge in [-0.25, -0.2) is 4.79 Å². The average Bonchev–Trinajstić information content (AvgIpc) is 3.43. The Bertz CT molecular complexity index is 218. The zero-order valence-electron chi connectivity index (χ0n) is 17.1. The minimum Gasteiger partial charge on any atom is -0.450 e. The summed E-state index contributed by atoms with van der Waals surface area (Å²) >= 11 is 0. The van der Waals surface area contributed by atoms with Crippen LogP contribution in [0.2, 0.25) is 0 Å². The summed E-state index contributed by atoms with van der Waals surface area (Å²) in [5.41, 5.74) is 0. The van der Waals surface area contributed by atoms with Gasteiger partial charge in [0.05, 0.1) is 6.61 Å². The molecule has 1 saturated carbocycles. The molecule has 0 aliphatic heterocycles. The summed E-state index contributed by atoms with van der Waals surface area (Å²) in [5, 5.41) is 2.64. The Morgan fingerprint density at radius 2 is 1.52 bits per heavy atom. The van der Waals surface area contributed by atoms with Gasteiger partial charge in [-0.15, -0.1) is 0 Å². The molecule has 0 aromatic carbocycles. The fraction of sp³-hybridized carbons (Fsp3) is 0.889. The Morgan fingerprint density at radius 1 is 1.09 bits per heavy atom. The standard InChI is InChI=1S/C6H13NO2.C4H7NO.C4H10.2C2H6/c1-4-7(3)6(8)9-5-2;6-3-5-4-1-2-4;1-3-4-2;2*1-2/h4-5H2,1-3H3;3-4H,1-2H2,(H,5,6);3-4H2,1-2H3;2*1-2H3. The summed E-state index contributed by atoms with van der Waals surface area (Å²) in [6.07, 6.45) is 5.51. The highest BCUT2D eigenvalue weighted by molar-refractivity contribution is 5.66. The number of nitrogens with zero attached hydrogens (tertiary/aromatic N) is 1. The lowest BCUT2D eigenvalue weighted by molar-refractivity contribution is -0.109. The first-order valence-electron chi connectivity index (χ1n) is 9.14. The molecule has 0 saturated heterocycles. The van der Waals surface area contributed by atoms with E-state index in [1.54, 1.807) is 14.0 Å². The van der Waals surface area contributed by atoms with Crippen LogP contribution in [0.4, 0.5) is 4.79 Å². The highest BCUT2D eigenvalue weighted by Crippen LogP contribution is 2.17. The van der Waals surface area contributed by atoms with Gasteiger partial charge in [-0.2, -0.15) is 0 Å². The van der Waals surface area contributed by atoms with E-state index in [9.17, 15) is 9.59 Å². The van der Waals surface area contributed by atoms with Gasteiger partial charge in [0.2, 0.25) is 6.41 Å². The lowest BCUT2D eigenvalue weighted by Gasteiger charge is -2.12. The summed E-state index contributed by atoms with van der Waals surface area (Å²) < 4.78 is 4.68. The zero-order chi connectivity index (χ0) is 19.1. The minimum absolute atomic E-state index is 0.250. The first kappa shape index (κ1) is 29.7. The SMILES string of the molecule is CC.CC.CCCC.CCOC(=O)N(C)CC.O=CNC1CC1. The number of carbonyl (C=O) groups is 2. The Balaban J connectivity index is -0.000000112. The number of carbonyl (C=O) groups excluding carboxylic acids is 2. The first-order chi connectivity index (χ1) is 11.1. The summed E-state index contributed by atoms with van der Waals surface area (Å²) in [6.45, 7) is 17.2. The molecule has 0 bridgehead atoms. The first-order valence-corrected chi connectivity index (χ1v) is 9.14. The maximum Gasteiger partial charge on any atom is 0.409 e. The maximum atomic E-state index is 10.7. The molecule has 0 spiro atoms. The molecular weight excluding hydrogens is 292 g/mol. The maximum absolute atomic E-state index is 10.7. The van der Waals surface area contributed by atoms with E-state index < -0.39 is 0 Å². The fourth-order valence-electron chi connectivity index (χ4n) is 0.709. The Kier molecular flexibility index (Phi) is 37.3. The van der Waals surface area contributed by atoms with E-state index in [1.807, 2.05) is 34.6 Å². The van der Waals surface area contributed by atoms with Crippen molar-refractivity contribution in [3.05, 3.63) is 0 Å². The van der Waals surface area contributed by atoms with Crippen LogP contribution < -0.4 is 5.32 Å². The molecule has 1 N–H and O–H groups in total. The van der Waals surface area contributed by atoms with Crippen molar-refractivity contribution in [1.82, 2.24) is 10.2 Å². The van der Waals surface area contributed by atoms with Crippen molar-refractivity contribution in [1.29, 1.82) is 0 Å². The third-order valence-electron chi connectivity index (χ3n) is 2.43. The van der Waals surface area contributed by atoms with Gasteiger partial charge in [0.25, 0.3) is 0 Å². The highest BCUT2D eigenvalue weighted by atomic mass is 16.5. The van der Waals surface area contributed by atoms with E-state index >= 15 is 0 Å². The largest absolute Gasteiger partial charge is 0.450 e. The van der Waals surface area contributed by atoms with Gasteiger partial charge in [0.15, 0.2) is 0 Å². The Labute approximate surface area is 145 Å². The molecular formula is C18H42N2O3. The molecule has 0 unspecified atom stereocenters. The number of amides is 2. The smallest absolute Gasteiger partial charge is 0.409 e. The lowest BCUT2D eigenvalue weighted by atomic mass is 10.4. The van der Waals surface area contributed by atoms with Gasteiger partial charge in [0, 0.05) is 19.6 Å². The lowest BCUT2D eigenvalue weighted by Crippen LogP contribution is -2.26. The van der Waals surface area contributed by atoms with Crippen LogP contribution >= 0.6 is 0 Å². The monoisotopic (exact) mass is 334 g/mol. The summed E-state index contributed by atoms with van der Waals surface area (Å²) in [6, 6.07) is 0.530. The van der Waals surface area contributed by atoms with Crippen molar-refractivity contribution >= 4 is 12.5 Å². The number of rotatable bonds is 5. The number of hydrogen-bond acceptors (Lipinski definition) is 3. The van der Waals surface area contributed by atoms with Crippen LogP contribution in [-0.4, -0.2) is 43.6 Å². The molecule has 0 heterocycles. The minimum atomic E-state index is -0.250. The normalized spacial score (nSPS) is 10.5. The molecule has 5 heteroatoms.